The minimum atomic E-state index is -0.141. The number of halogens is 1. The monoisotopic (exact) mass is 451 g/mol. The van der Waals surface area contributed by atoms with Gasteiger partial charge in [-0.15, -0.1) is 34.2 Å². The number of carbonyl (C=O) groups is 1. The SMILES string of the molecule is CCc1nncn1CCNC(=NCC(=O)N(C)C)NC(C)(C)C.I. The van der Waals surface area contributed by atoms with E-state index >= 15 is 0 Å². The first-order valence-corrected chi connectivity index (χ1v) is 7.86. The third-order valence-electron chi connectivity index (χ3n) is 3.02. The van der Waals surface area contributed by atoms with Gasteiger partial charge in [-0.25, -0.2) is 4.99 Å². The number of hydrogen-bond donors (Lipinski definition) is 2. The van der Waals surface area contributed by atoms with Crippen molar-refractivity contribution in [3.05, 3.63) is 12.2 Å². The van der Waals surface area contributed by atoms with E-state index in [0.717, 1.165) is 18.8 Å². The number of guanidine groups is 1. The third-order valence-corrected chi connectivity index (χ3v) is 3.02. The van der Waals surface area contributed by atoms with Crippen LogP contribution in [0.1, 0.15) is 33.5 Å². The van der Waals surface area contributed by atoms with Crippen molar-refractivity contribution in [1.82, 2.24) is 30.3 Å². The molecule has 1 aromatic rings. The molecular weight excluding hydrogens is 421 g/mol. The molecule has 0 aliphatic heterocycles. The zero-order valence-electron chi connectivity index (χ0n) is 15.5. The number of nitrogens with one attached hydrogen (secondary N) is 2. The van der Waals surface area contributed by atoms with Gasteiger partial charge in [-0.2, -0.15) is 0 Å². The van der Waals surface area contributed by atoms with Crippen LogP contribution in [0.4, 0.5) is 0 Å². The van der Waals surface area contributed by atoms with E-state index < -0.39 is 0 Å². The number of likely N-dealkylation sites (N-methyl/N-ethyl adjacent to an activating group) is 1. The molecule has 1 amide bonds. The average Bonchev–Trinajstić information content (AvgIpc) is 2.90. The van der Waals surface area contributed by atoms with Crippen molar-refractivity contribution in [2.75, 3.05) is 27.2 Å². The predicted octanol–water partition coefficient (Wildman–Crippen LogP) is 0.880. The number of aliphatic imine (C=N–C) groups is 1. The van der Waals surface area contributed by atoms with Crippen LogP contribution < -0.4 is 10.6 Å². The molecule has 138 valence electrons. The maximum absolute atomic E-state index is 11.7. The van der Waals surface area contributed by atoms with Crippen molar-refractivity contribution in [2.45, 2.75) is 46.2 Å². The minimum Gasteiger partial charge on any atom is -0.355 e. The highest BCUT2D eigenvalue weighted by Gasteiger charge is 2.13. The molecule has 1 heterocycles. The summed E-state index contributed by atoms with van der Waals surface area (Å²) in [5, 5.41) is 14.5. The van der Waals surface area contributed by atoms with Gasteiger partial charge in [-0.3, -0.25) is 4.79 Å². The first-order valence-electron chi connectivity index (χ1n) is 7.86. The van der Waals surface area contributed by atoms with E-state index in [0.29, 0.717) is 12.5 Å². The molecule has 0 bridgehead atoms. The van der Waals surface area contributed by atoms with Gasteiger partial charge in [0.05, 0.1) is 0 Å². The Labute approximate surface area is 161 Å². The molecule has 0 saturated heterocycles. The molecule has 0 spiro atoms. The second-order valence-corrected chi connectivity index (χ2v) is 6.55. The van der Waals surface area contributed by atoms with E-state index in [1.165, 1.54) is 4.90 Å². The second-order valence-electron chi connectivity index (χ2n) is 6.55. The maximum Gasteiger partial charge on any atom is 0.243 e. The van der Waals surface area contributed by atoms with E-state index in [1.807, 2.05) is 25.3 Å². The lowest BCUT2D eigenvalue weighted by molar-refractivity contribution is -0.127. The Morgan fingerprint density at radius 1 is 1.38 bits per heavy atom. The van der Waals surface area contributed by atoms with Gasteiger partial charge in [0.2, 0.25) is 5.91 Å². The first-order chi connectivity index (χ1) is 10.7. The third kappa shape index (κ3) is 8.46. The van der Waals surface area contributed by atoms with Gasteiger partial charge in [-0.05, 0) is 20.8 Å². The topological polar surface area (TPSA) is 87.4 Å². The summed E-state index contributed by atoms with van der Waals surface area (Å²) in [5.41, 5.74) is -0.141. The zero-order chi connectivity index (χ0) is 17.5. The molecule has 0 aromatic carbocycles. The number of amides is 1. The highest BCUT2D eigenvalue weighted by Crippen LogP contribution is 1.99. The van der Waals surface area contributed by atoms with Crippen LogP contribution in [0.15, 0.2) is 11.3 Å². The molecule has 2 N–H and O–H groups in total. The lowest BCUT2D eigenvalue weighted by atomic mass is 10.1. The molecule has 9 heteroatoms. The normalized spacial score (nSPS) is 11.7. The molecule has 8 nitrogen and oxygen atoms in total. The van der Waals surface area contributed by atoms with Gasteiger partial charge in [0.25, 0.3) is 0 Å². The van der Waals surface area contributed by atoms with Crippen LogP contribution in [-0.2, 0) is 17.8 Å². The van der Waals surface area contributed by atoms with Crippen LogP contribution in [-0.4, -0.2) is 64.3 Å². The van der Waals surface area contributed by atoms with E-state index in [9.17, 15) is 4.79 Å². The Balaban J connectivity index is 0.00000529. The van der Waals surface area contributed by atoms with Gasteiger partial charge in [0, 0.05) is 39.1 Å². The molecule has 0 saturated carbocycles. The summed E-state index contributed by atoms with van der Waals surface area (Å²) in [7, 11) is 3.45. The quantitative estimate of drug-likeness (QED) is 0.381. The van der Waals surface area contributed by atoms with Crippen LogP contribution in [0.5, 0.6) is 0 Å². The second kappa shape index (κ2) is 10.5. The number of aryl methyl sites for hydroxylation is 1. The Bertz CT molecular complexity index is 534. The Kier molecular flexibility index (Phi) is 9.86. The van der Waals surface area contributed by atoms with Crippen molar-refractivity contribution in [2.24, 2.45) is 4.99 Å². The summed E-state index contributed by atoms with van der Waals surface area (Å²) in [6, 6.07) is 0. The zero-order valence-corrected chi connectivity index (χ0v) is 17.8. The van der Waals surface area contributed by atoms with Gasteiger partial charge in [0.1, 0.15) is 18.7 Å². The molecule has 0 aliphatic rings. The van der Waals surface area contributed by atoms with Crippen molar-refractivity contribution >= 4 is 35.8 Å². The highest BCUT2D eigenvalue weighted by molar-refractivity contribution is 14.0. The van der Waals surface area contributed by atoms with E-state index in [1.54, 1.807) is 20.4 Å². The van der Waals surface area contributed by atoms with Gasteiger partial charge in [-0.1, -0.05) is 6.92 Å². The fraction of sp³-hybridized carbons (Fsp3) is 0.733. The number of aromatic nitrogens is 3. The molecule has 0 unspecified atom stereocenters. The van der Waals surface area contributed by atoms with Gasteiger partial charge < -0.3 is 20.1 Å². The van der Waals surface area contributed by atoms with Gasteiger partial charge in [0.15, 0.2) is 5.96 Å². The molecule has 24 heavy (non-hydrogen) atoms. The Hall–Kier alpha value is -1.39. The molecule has 0 atom stereocenters. The molecule has 1 aromatic heterocycles. The van der Waals surface area contributed by atoms with Crippen molar-refractivity contribution in [1.29, 1.82) is 0 Å². The number of hydrogen-bond acceptors (Lipinski definition) is 4. The Morgan fingerprint density at radius 3 is 2.58 bits per heavy atom. The van der Waals surface area contributed by atoms with E-state index in [4.69, 9.17) is 0 Å². The van der Waals surface area contributed by atoms with Crippen LogP contribution >= 0.6 is 24.0 Å². The van der Waals surface area contributed by atoms with Crippen LogP contribution in [0.3, 0.4) is 0 Å². The lowest BCUT2D eigenvalue weighted by Crippen LogP contribution is -2.48. The largest absolute Gasteiger partial charge is 0.355 e. The molecule has 1 rings (SSSR count). The summed E-state index contributed by atoms with van der Waals surface area (Å²) in [6.07, 6.45) is 2.57. The van der Waals surface area contributed by atoms with Crippen molar-refractivity contribution in [3.8, 4) is 0 Å². The summed E-state index contributed by atoms with van der Waals surface area (Å²) in [4.78, 5) is 17.6. The molecule has 0 fully saturated rings. The highest BCUT2D eigenvalue weighted by atomic mass is 127. The molecular formula is C15H30IN7O. The predicted molar refractivity (Wildman–Crippen MR) is 107 cm³/mol. The fourth-order valence-corrected chi connectivity index (χ4v) is 1.82. The van der Waals surface area contributed by atoms with Crippen LogP contribution in [0, 0.1) is 0 Å². The minimum absolute atomic E-state index is 0. The van der Waals surface area contributed by atoms with Crippen LogP contribution in [0.25, 0.3) is 0 Å². The number of nitrogens with zero attached hydrogens (tertiary/aromatic N) is 5. The smallest absolute Gasteiger partial charge is 0.243 e. The van der Waals surface area contributed by atoms with Crippen LogP contribution in [0.2, 0.25) is 0 Å². The standard InChI is InChI=1S/C15H29N7O.HI/c1-7-12-20-18-11-22(12)9-8-16-14(19-15(2,3)4)17-10-13(23)21(5)6;/h11H,7-10H2,1-6H3,(H2,16,17,19);1H. The molecule has 0 radical (unpaired) electrons. The Morgan fingerprint density at radius 2 is 2.04 bits per heavy atom. The maximum atomic E-state index is 11.7. The lowest BCUT2D eigenvalue weighted by Gasteiger charge is -2.24. The van der Waals surface area contributed by atoms with E-state index in [2.05, 4.69) is 32.7 Å². The summed E-state index contributed by atoms with van der Waals surface area (Å²) in [6.45, 7) is 9.72. The van der Waals surface area contributed by atoms with Crippen molar-refractivity contribution < 1.29 is 4.79 Å². The fourth-order valence-electron chi connectivity index (χ4n) is 1.82. The van der Waals surface area contributed by atoms with E-state index in [-0.39, 0.29) is 42.0 Å². The average molecular weight is 451 g/mol. The summed E-state index contributed by atoms with van der Waals surface area (Å²) >= 11 is 0. The van der Waals surface area contributed by atoms with Gasteiger partial charge >= 0.3 is 0 Å². The summed E-state index contributed by atoms with van der Waals surface area (Å²) < 4.78 is 2.01. The number of carbonyl (C=O) groups excluding carboxylic acids is 1. The van der Waals surface area contributed by atoms with Crippen molar-refractivity contribution in [3.63, 3.8) is 0 Å². The summed E-state index contributed by atoms with van der Waals surface area (Å²) in [5.74, 6) is 1.54. The number of rotatable bonds is 6. The molecule has 0 aliphatic carbocycles. The first kappa shape index (κ1) is 22.6.